The second-order valence-corrected chi connectivity index (χ2v) is 4.68. The molecule has 5 heteroatoms. The first-order valence-electron chi connectivity index (χ1n) is 6.52. The monoisotopic (exact) mass is 273 g/mol. The summed E-state index contributed by atoms with van der Waals surface area (Å²) in [5.41, 5.74) is 1.21. The van der Waals surface area contributed by atoms with Crippen LogP contribution in [0.3, 0.4) is 0 Å². The van der Waals surface area contributed by atoms with E-state index in [0.29, 0.717) is 29.2 Å². The maximum Gasteiger partial charge on any atom is 0.265 e. The van der Waals surface area contributed by atoms with E-state index in [2.05, 4.69) is 5.32 Å². The van der Waals surface area contributed by atoms with Gasteiger partial charge >= 0.3 is 0 Å². The largest absolute Gasteiger partial charge is 0.478 e. The summed E-state index contributed by atoms with van der Waals surface area (Å²) in [4.78, 5) is 11.8. The van der Waals surface area contributed by atoms with Gasteiger partial charge in [-0.25, -0.2) is 0 Å². The summed E-state index contributed by atoms with van der Waals surface area (Å²) in [6, 6.07) is 8.63. The lowest BCUT2D eigenvalue weighted by Gasteiger charge is -2.25. The molecule has 1 aromatic heterocycles. The number of amides is 1. The molecule has 5 nitrogen and oxygen atoms in total. The molecule has 2 atom stereocenters. The Labute approximate surface area is 116 Å². The summed E-state index contributed by atoms with van der Waals surface area (Å²) in [6.07, 6.45) is 0.801. The van der Waals surface area contributed by atoms with Gasteiger partial charge < -0.3 is 19.6 Å². The van der Waals surface area contributed by atoms with Crippen LogP contribution in [-0.4, -0.2) is 17.1 Å². The van der Waals surface area contributed by atoms with Crippen molar-refractivity contribution in [2.45, 2.75) is 25.6 Å². The number of aliphatic hydroxyl groups excluding tert-OH is 1. The van der Waals surface area contributed by atoms with E-state index in [9.17, 15) is 9.90 Å². The number of ether oxygens (including phenoxy) is 1. The number of carbonyl (C=O) groups excluding carboxylic acids is 1. The third kappa shape index (κ3) is 2.16. The molecule has 0 bridgehead atoms. The van der Waals surface area contributed by atoms with Crippen molar-refractivity contribution in [3.8, 4) is 5.75 Å². The molecule has 2 aromatic rings. The van der Waals surface area contributed by atoms with Gasteiger partial charge in [0, 0.05) is 0 Å². The molecular weight excluding hydrogens is 258 g/mol. The van der Waals surface area contributed by atoms with Gasteiger partial charge in [0.15, 0.2) is 6.10 Å². The molecule has 0 fully saturated rings. The van der Waals surface area contributed by atoms with Gasteiger partial charge in [-0.3, -0.25) is 4.79 Å². The van der Waals surface area contributed by atoms with Crippen LogP contribution in [0.5, 0.6) is 5.75 Å². The SMILES string of the molecule is CCC1Oc2ccc(C(O)c3ccco3)cc2NC1=O. The summed E-state index contributed by atoms with van der Waals surface area (Å²) < 4.78 is 10.8. The van der Waals surface area contributed by atoms with E-state index in [1.807, 2.05) is 6.92 Å². The number of fused-ring (bicyclic) bond motifs is 1. The van der Waals surface area contributed by atoms with Crippen LogP contribution in [0.1, 0.15) is 30.8 Å². The molecule has 2 unspecified atom stereocenters. The number of benzene rings is 1. The van der Waals surface area contributed by atoms with Crippen molar-refractivity contribution < 1.29 is 19.1 Å². The van der Waals surface area contributed by atoms with Gasteiger partial charge in [0.05, 0.1) is 12.0 Å². The number of anilines is 1. The molecule has 3 rings (SSSR count). The van der Waals surface area contributed by atoms with Gasteiger partial charge in [0.1, 0.15) is 17.6 Å². The third-order valence-corrected chi connectivity index (χ3v) is 3.32. The van der Waals surface area contributed by atoms with E-state index < -0.39 is 12.2 Å². The van der Waals surface area contributed by atoms with Gasteiger partial charge in [-0.15, -0.1) is 0 Å². The van der Waals surface area contributed by atoms with Gasteiger partial charge in [0.25, 0.3) is 5.91 Å². The second kappa shape index (κ2) is 5.02. The molecule has 104 valence electrons. The summed E-state index contributed by atoms with van der Waals surface area (Å²) in [5.74, 6) is 0.913. The van der Waals surface area contributed by atoms with E-state index >= 15 is 0 Å². The fraction of sp³-hybridized carbons (Fsp3) is 0.267. The fourth-order valence-electron chi connectivity index (χ4n) is 2.22. The number of carbonyl (C=O) groups is 1. The molecule has 1 amide bonds. The number of hydrogen-bond acceptors (Lipinski definition) is 4. The van der Waals surface area contributed by atoms with E-state index in [1.165, 1.54) is 6.26 Å². The summed E-state index contributed by atoms with van der Waals surface area (Å²) in [7, 11) is 0. The lowest BCUT2D eigenvalue weighted by molar-refractivity contribution is -0.123. The Kier molecular flexibility index (Phi) is 3.20. The molecule has 1 aromatic carbocycles. The Hall–Kier alpha value is -2.27. The summed E-state index contributed by atoms with van der Waals surface area (Å²) >= 11 is 0. The normalized spacial score (nSPS) is 18.9. The third-order valence-electron chi connectivity index (χ3n) is 3.32. The number of aliphatic hydroxyl groups is 1. The quantitative estimate of drug-likeness (QED) is 0.901. The highest BCUT2D eigenvalue weighted by atomic mass is 16.5. The van der Waals surface area contributed by atoms with Crippen molar-refractivity contribution in [1.82, 2.24) is 0 Å². The van der Waals surface area contributed by atoms with Gasteiger partial charge in [-0.05, 0) is 36.2 Å². The topological polar surface area (TPSA) is 71.7 Å². The smallest absolute Gasteiger partial charge is 0.265 e. The van der Waals surface area contributed by atoms with Crippen molar-refractivity contribution in [3.05, 3.63) is 47.9 Å². The average Bonchev–Trinajstić information content (AvgIpc) is 2.99. The number of nitrogens with one attached hydrogen (secondary N) is 1. The number of hydrogen-bond donors (Lipinski definition) is 2. The highest BCUT2D eigenvalue weighted by molar-refractivity contribution is 5.97. The molecule has 1 aliphatic heterocycles. The zero-order chi connectivity index (χ0) is 14.1. The van der Waals surface area contributed by atoms with Crippen molar-refractivity contribution in [3.63, 3.8) is 0 Å². The van der Waals surface area contributed by atoms with E-state index in [1.54, 1.807) is 30.3 Å². The molecule has 0 spiro atoms. The standard InChI is InChI=1S/C15H15NO4/c1-2-11-15(18)16-10-8-9(5-6-12(10)20-11)14(17)13-4-3-7-19-13/h3-8,11,14,17H,2H2,1H3,(H,16,18). The molecule has 0 radical (unpaired) electrons. The first-order valence-corrected chi connectivity index (χ1v) is 6.52. The van der Waals surface area contributed by atoms with Crippen molar-refractivity contribution in [2.75, 3.05) is 5.32 Å². The molecule has 1 aliphatic rings. The predicted molar refractivity (Wildman–Crippen MR) is 72.5 cm³/mol. The minimum Gasteiger partial charge on any atom is -0.478 e. The van der Waals surface area contributed by atoms with E-state index in [4.69, 9.17) is 9.15 Å². The van der Waals surface area contributed by atoms with Crippen molar-refractivity contribution in [2.24, 2.45) is 0 Å². The maximum atomic E-state index is 11.8. The fourth-order valence-corrected chi connectivity index (χ4v) is 2.22. The Balaban J connectivity index is 1.90. The Morgan fingerprint density at radius 2 is 2.25 bits per heavy atom. The predicted octanol–water partition coefficient (Wildman–Crippen LogP) is 2.47. The van der Waals surface area contributed by atoms with Gasteiger partial charge in [-0.1, -0.05) is 13.0 Å². The van der Waals surface area contributed by atoms with Gasteiger partial charge in [-0.2, -0.15) is 0 Å². The first-order chi connectivity index (χ1) is 9.69. The first kappa shape index (κ1) is 12.7. The zero-order valence-corrected chi connectivity index (χ0v) is 11.0. The van der Waals surface area contributed by atoms with E-state index in [-0.39, 0.29) is 5.91 Å². The average molecular weight is 273 g/mol. The molecule has 2 heterocycles. The Bertz CT molecular complexity index is 621. The van der Waals surface area contributed by atoms with Crippen LogP contribution in [0.2, 0.25) is 0 Å². The van der Waals surface area contributed by atoms with Crippen LogP contribution in [0, 0.1) is 0 Å². The van der Waals surface area contributed by atoms with Crippen molar-refractivity contribution >= 4 is 11.6 Å². The second-order valence-electron chi connectivity index (χ2n) is 4.68. The molecule has 20 heavy (non-hydrogen) atoms. The van der Waals surface area contributed by atoms with Crippen LogP contribution < -0.4 is 10.1 Å². The summed E-state index contributed by atoms with van der Waals surface area (Å²) in [5, 5.41) is 13.0. The van der Waals surface area contributed by atoms with Gasteiger partial charge in [0.2, 0.25) is 0 Å². The Morgan fingerprint density at radius 1 is 1.40 bits per heavy atom. The maximum absolute atomic E-state index is 11.8. The van der Waals surface area contributed by atoms with E-state index in [0.717, 1.165) is 0 Å². The Morgan fingerprint density at radius 3 is 2.95 bits per heavy atom. The molecule has 0 saturated carbocycles. The minimum absolute atomic E-state index is 0.162. The minimum atomic E-state index is -0.865. The van der Waals surface area contributed by atoms with Crippen molar-refractivity contribution in [1.29, 1.82) is 0 Å². The van der Waals surface area contributed by atoms with Crippen LogP contribution >= 0.6 is 0 Å². The lowest BCUT2D eigenvalue weighted by atomic mass is 10.0. The van der Waals surface area contributed by atoms with Crippen LogP contribution in [0.15, 0.2) is 41.0 Å². The van der Waals surface area contributed by atoms with Crippen LogP contribution in [0.4, 0.5) is 5.69 Å². The highest BCUT2D eigenvalue weighted by Gasteiger charge is 2.27. The zero-order valence-electron chi connectivity index (χ0n) is 11.0. The number of furan rings is 1. The molecule has 0 saturated heterocycles. The van der Waals surface area contributed by atoms with Crippen LogP contribution in [-0.2, 0) is 4.79 Å². The highest BCUT2D eigenvalue weighted by Crippen LogP contribution is 2.34. The molecule has 0 aliphatic carbocycles. The molecular formula is C15H15NO4. The van der Waals surface area contributed by atoms with Crippen LogP contribution in [0.25, 0.3) is 0 Å². The lowest BCUT2D eigenvalue weighted by Crippen LogP contribution is -2.36. The summed E-state index contributed by atoms with van der Waals surface area (Å²) in [6.45, 7) is 1.89. The number of rotatable bonds is 3. The molecule has 2 N–H and O–H groups in total.